The number of hydrogen-bond donors (Lipinski definition) is 1. The van der Waals surface area contributed by atoms with Crippen LogP contribution in [0, 0.1) is 13.8 Å². The van der Waals surface area contributed by atoms with Gasteiger partial charge in [-0.05, 0) is 84.1 Å². The lowest BCUT2D eigenvalue weighted by atomic mass is 9.95. The third kappa shape index (κ3) is 3.93. The van der Waals surface area contributed by atoms with Crippen LogP contribution >= 0.6 is 0 Å². The Balaban J connectivity index is 1.57. The Hall–Kier alpha value is -5.22. The third-order valence-electron chi connectivity index (χ3n) is 7.63. The van der Waals surface area contributed by atoms with E-state index in [2.05, 4.69) is 96.2 Å². The maximum atomic E-state index is 10.6. The van der Waals surface area contributed by atoms with Crippen LogP contribution in [0.2, 0.25) is 0 Å². The normalized spacial score (nSPS) is 11.3. The summed E-state index contributed by atoms with van der Waals surface area (Å²) >= 11 is 0. The summed E-state index contributed by atoms with van der Waals surface area (Å²) in [6.07, 6.45) is 1.81. The average molecular weight is 518 g/mol. The van der Waals surface area contributed by atoms with Gasteiger partial charge in [-0.3, -0.25) is 9.55 Å². The van der Waals surface area contributed by atoms with Gasteiger partial charge in [0.05, 0.1) is 22.4 Å². The summed E-state index contributed by atoms with van der Waals surface area (Å²) in [6, 6.07) is 38.9. The number of phenols is 1. The van der Waals surface area contributed by atoms with Crippen molar-refractivity contribution in [2.24, 2.45) is 0 Å². The number of aromatic nitrogens is 3. The van der Waals surface area contributed by atoms with Crippen molar-refractivity contribution in [2.75, 3.05) is 0 Å². The van der Waals surface area contributed by atoms with E-state index in [1.807, 2.05) is 36.4 Å². The lowest BCUT2D eigenvalue weighted by Crippen LogP contribution is -2.01. The zero-order valence-electron chi connectivity index (χ0n) is 22.3. The summed E-state index contributed by atoms with van der Waals surface area (Å²) < 4.78 is 2.23. The molecule has 40 heavy (non-hydrogen) atoms. The van der Waals surface area contributed by atoms with Crippen molar-refractivity contribution in [3.8, 4) is 45.2 Å². The molecule has 0 atom stereocenters. The molecule has 0 aliphatic heterocycles. The van der Waals surface area contributed by atoms with E-state index in [1.165, 1.54) is 16.7 Å². The first-order chi connectivity index (χ1) is 19.6. The number of benzene rings is 4. The van der Waals surface area contributed by atoms with Crippen LogP contribution in [-0.4, -0.2) is 19.6 Å². The van der Waals surface area contributed by atoms with E-state index in [0.717, 1.165) is 55.7 Å². The maximum absolute atomic E-state index is 10.6. The van der Waals surface area contributed by atoms with Crippen LogP contribution in [-0.2, 0) is 0 Å². The molecule has 0 amide bonds. The summed E-state index contributed by atoms with van der Waals surface area (Å²) in [5, 5.41) is 12.9. The predicted molar refractivity (Wildman–Crippen MR) is 164 cm³/mol. The Morgan fingerprint density at radius 3 is 2.15 bits per heavy atom. The first kappa shape index (κ1) is 23.9. The Morgan fingerprint density at radius 2 is 1.35 bits per heavy atom. The molecular formula is C36H27N3O. The molecule has 4 heteroatoms. The second-order valence-electron chi connectivity index (χ2n) is 10.2. The topological polar surface area (TPSA) is 50.9 Å². The predicted octanol–water partition coefficient (Wildman–Crippen LogP) is 8.90. The summed E-state index contributed by atoms with van der Waals surface area (Å²) in [5.74, 6) is 1.08. The fourth-order valence-electron chi connectivity index (χ4n) is 5.79. The molecule has 0 unspecified atom stereocenters. The number of aryl methyl sites for hydroxylation is 2. The van der Waals surface area contributed by atoms with Crippen LogP contribution in [0.4, 0.5) is 0 Å². The second-order valence-corrected chi connectivity index (χ2v) is 10.2. The van der Waals surface area contributed by atoms with Crippen LogP contribution in [0.3, 0.4) is 0 Å². The van der Waals surface area contributed by atoms with Crippen molar-refractivity contribution >= 4 is 21.8 Å². The van der Waals surface area contributed by atoms with Gasteiger partial charge in [0.1, 0.15) is 11.6 Å². The van der Waals surface area contributed by atoms with Gasteiger partial charge >= 0.3 is 0 Å². The molecule has 7 rings (SSSR count). The average Bonchev–Trinajstić information content (AvgIpc) is 3.31. The van der Waals surface area contributed by atoms with Crippen LogP contribution in [0.15, 0.2) is 121 Å². The number of para-hydroxylation sites is 2. The van der Waals surface area contributed by atoms with Crippen LogP contribution < -0.4 is 0 Å². The highest BCUT2D eigenvalue weighted by Crippen LogP contribution is 2.38. The molecule has 0 spiro atoms. The van der Waals surface area contributed by atoms with Crippen molar-refractivity contribution in [3.63, 3.8) is 0 Å². The number of fused-ring (bicyclic) bond motifs is 3. The lowest BCUT2D eigenvalue weighted by molar-refractivity contribution is 0.477. The van der Waals surface area contributed by atoms with E-state index in [9.17, 15) is 5.11 Å². The minimum absolute atomic E-state index is 0.261. The van der Waals surface area contributed by atoms with E-state index < -0.39 is 0 Å². The van der Waals surface area contributed by atoms with Crippen LogP contribution in [0.25, 0.3) is 61.3 Å². The SMILES string of the molecule is Cc1cccc(C)c1-c1cc(-c2ccccn2)nc(-n2c3ccccc3c3ccc(-c4ccccc4O)cc32)c1. The van der Waals surface area contributed by atoms with E-state index in [-0.39, 0.29) is 5.75 Å². The molecule has 0 bridgehead atoms. The van der Waals surface area contributed by atoms with Gasteiger partial charge in [0.15, 0.2) is 0 Å². The standard InChI is InChI=1S/C36H27N3O/c1-23-10-9-11-24(2)36(23)26-20-31(30-14-7-8-19-37-30)38-35(22-26)39-32-15-5-3-13-28(32)29-18-17-25(21-33(29)39)27-12-4-6-16-34(27)40/h3-22,40H,1-2H3. The summed E-state index contributed by atoms with van der Waals surface area (Å²) in [5.41, 5.74) is 10.2. The zero-order chi connectivity index (χ0) is 27.2. The number of nitrogens with zero attached hydrogens (tertiary/aromatic N) is 3. The number of rotatable bonds is 4. The Labute approximate surface area is 232 Å². The minimum Gasteiger partial charge on any atom is -0.507 e. The number of pyridine rings is 2. The first-order valence-electron chi connectivity index (χ1n) is 13.4. The molecule has 0 aliphatic carbocycles. The minimum atomic E-state index is 0.261. The van der Waals surface area contributed by atoms with Gasteiger partial charge in [0.2, 0.25) is 0 Å². The van der Waals surface area contributed by atoms with Gasteiger partial charge in [-0.15, -0.1) is 0 Å². The number of hydrogen-bond acceptors (Lipinski definition) is 3. The number of phenolic OH excluding ortho intramolecular Hbond substituents is 1. The van der Waals surface area contributed by atoms with Crippen LogP contribution in [0.1, 0.15) is 11.1 Å². The molecule has 4 nitrogen and oxygen atoms in total. The quantitative estimate of drug-likeness (QED) is 0.254. The molecule has 0 saturated carbocycles. The monoisotopic (exact) mass is 517 g/mol. The Morgan fingerprint density at radius 1 is 0.600 bits per heavy atom. The molecule has 0 radical (unpaired) electrons. The molecule has 7 aromatic rings. The van der Waals surface area contributed by atoms with Crippen molar-refractivity contribution in [1.29, 1.82) is 0 Å². The molecule has 3 heterocycles. The fourth-order valence-corrected chi connectivity index (χ4v) is 5.79. The van der Waals surface area contributed by atoms with Crippen molar-refractivity contribution < 1.29 is 5.11 Å². The highest BCUT2D eigenvalue weighted by molar-refractivity contribution is 6.10. The lowest BCUT2D eigenvalue weighted by Gasteiger charge is -2.15. The van der Waals surface area contributed by atoms with Crippen molar-refractivity contribution in [3.05, 3.63) is 133 Å². The smallest absolute Gasteiger partial charge is 0.138 e. The summed E-state index contributed by atoms with van der Waals surface area (Å²) in [6.45, 7) is 4.31. The molecule has 192 valence electrons. The molecule has 0 fully saturated rings. The van der Waals surface area contributed by atoms with Gasteiger partial charge in [-0.25, -0.2) is 4.98 Å². The van der Waals surface area contributed by atoms with Crippen molar-refractivity contribution in [1.82, 2.24) is 14.5 Å². The molecule has 3 aromatic heterocycles. The molecule has 0 saturated heterocycles. The maximum Gasteiger partial charge on any atom is 0.138 e. The van der Waals surface area contributed by atoms with E-state index in [4.69, 9.17) is 4.98 Å². The molecule has 0 aliphatic rings. The molecule has 4 aromatic carbocycles. The largest absolute Gasteiger partial charge is 0.507 e. The Kier molecular flexibility index (Phi) is 5.67. The highest BCUT2D eigenvalue weighted by atomic mass is 16.3. The van der Waals surface area contributed by atoms with E-state index >= 15 is 0 Å². The van der Waals surface area contributed by atoms with Gasteiger partial charge in [-0.1, -0.05) is 72.8 Å². The third-order valence-corrected chi connectivity index (χ3v) is 7.63. The first-order valence-corrected chi connectivity index (χ1v) is 13.4. The van der Waals surface area contributed by atoms with Gasteiger partial charge in [-0.2, -0.15) is 0 Å². The van der Waals surface area contributed by atoms with Crippen LogP contribution in [0.5, 0.6) is 5.75 Å². The molecular weight excluding hydrogens is 490 g/mol. The summed E-state index contributed by atoms with van der Waals surface area (Å²) in [7, 11) is 0. The van der Waals surface area contributed by atoms with E-state index in [1.54, 1.807) is 12.3 Å². The fraction of sp³-hybridized carbons (Fsp3) is 0.0556. The molecule has 1 N–H and O–H groups in total. The second kappa shape index (κ2) is 9.51. The van der Waals surface area contributed by atoms with Crippen molar-refractivity contribution in [2.45, 2.75) is 13.8 Å². The van der Waals surface area contributed by atoms with Gasteiger partial charge in [0, 0.05) is 22.5 Å². The Bertz CT molecular complexity index is 2020. The zero-order valence-corrected chi connectivity index (χ0v) is 22.3. The van der Waals surface area contributed by atoms with E-state index in [0.29, 0.717) is 0 Å². The number of aromatic hydroxyl groups is 1. The summed E-state index contributed by atoms with van der Waals surface area (Å²) in [4.78, 5) is 9.84. The van der Waals surface area contributed by atoms with Gasteiger partial charge < -0.3 is 5.11 Å². The van der Waals surface area contributed by atoms with Gasteiger partial charge in [0.25, 0.3) is 0 Å². The highest BCUT2D eigenvalue weighted by Gasteiger charge is 2.18.